The Balaban J connectivity index is 2.27. The molecule has 5 nitrogen and oxygen atoms in total. The van der Waals surface area contributed by atoms with Crippen LogP contribution in [-0.2, 0) is 4.79 Å². The molecule has 0 aliphatic carbocycles. The average molecular weight is 431 g/mol. The molecule has 2 N–H and O–H groups in total. The van der Waals surface area contributed by atoms with Crippen molar-refractivity contribution in [3.8, 4) is 11.5 Å². The molecule has 0 saturated heterocycles. The van der Waals surface area contributed by atoms with E-state index in [0.717, 1.165) is 5.56 Å². The smallest absolute Gasteiger partial charge is 0.171 e. The molecular formula is C22H23ClN2O3S. The monoisotopic (exact) mass is 430 g/mol. The number of carbonyl (C=O) groups excluding carboxylic acids is 1. The summed E-state index contributed by atoms with van der Waals surface area (Å²) >= 11 is 11.8. The second-order valence-electron chi connectivity index (χ2n) is 6.94. The minimum atomic E-state index is -0.544. The quantitative estimate of drug-likeness (QED) is 0.650. The Morgan fingerprint density at radius 3 is 2.48 bits per heavy atom. The van der Waals surface area contributed by atoms with Crippen LogP contribution in [0.15, 0.2) is 48.0 Å². The average Bonchev–Trinajstić information content (AvgIpc) is 2.68. The number of hydrogen-bond donors (Lipinski definition) is 2. The van der Waals surface area contributed by atoms with E-state index in [1.54, 1.807) is 19.2 Å². The number of halogens is 1. The lowest BCUT2D eigenvalue weighted by Crippen LogP contribution is -2.44. The molecule has 0 spiro atoms. The number of Topliss-reactive ketones (excluding diaryl/α,β-unsaturated/α-hetero) is 1. The standard InChI is InChI=1S/C22H23ClN2O3S/c1-12(2)28-21-16(10-15(23)11-17(21)27-4)20-18(13(3)26)19(24-22(29)25-20)14-8-6-5-7-9-14/h5-12,20H,1-4H3,(H2,24,25,29)/t20-/m1/s1. The molecule has 1 heterocycles. The van der Waals surface area contributed by atoms with E-state index in [9.17, 15) is 4.79 Å². The van der Waals surface area contributed by atoms with Crippen LogP contribution in [-0.4, -0.2) is 24.1 Å². The maximum atomic E-state index is 12.8. The number of ketones is 1. The normalized spacial score (nSPS) is 16.3. The Morgan fingerprint density at radius 1 is 1.21 bits per heavy atom. The highest BCUT2D eigenvalue weighted by atomic mass is 35.5. The first-order valence-corrected chi connectivity index (χ1v) is 10.0. The van der Waals surface area contributed by atoms with Crippen LogP contribution in [0.1, 0.15) is 37.9 Å². The summed E-state index contributed by atoms with van der Waals surface area (Å²) in [4.78, 5) is 12.8. The van der Waals surface area contributed by atoms with Crippen molar-refractivity contribution < 1.29 is 14.3 Å². The zero-order valence-electron chi connectivity index (χ0n) is 16.7. The summed E-state index contributed by atoms with van der Waals surface area (Å²) in [5.74, 6) is 0.933. The Morgan fingerprint density at radius 2 is 1.90 bits per heavy atom. The number of nitrogens with one attached hydrogen (secondary N) is 2. The lowest BCUT2D eigenvalue weighted by atomic mass is 9.90. The van der Waals surface area contributed by atoms with Crippen molar-refractivity contribution in [2.75, 3.05) is 7.11 Å². The fourth-order valence-electron chi connectivity index (χ4n) is 3.33. The van der Waals surface area contributed by atoms with Gasteiger partial charge in [-0.15, -0.1) is 0 Å². The summed E-state index contributed by atoms with van der Waals surface area (Å²) in [6.07, 6.45) is -0.101. The molecule has 0 saturated carbocycles. The molecule has 7 heteroatoms. The van der Waals surface area contributed by atoms with Gasteiger partial charge in [-0.2, -0.15) is 0 Å². The molecule has 0 radical (unpaired) electrons. The molecule has 1 aliphatic heterocycles. The van der Waals surface area contributed by atoms with Gasteiger partial charge in [-0.05, 0) is 44.6 Å². The highest BCUT2D eigenvalue weighted by Gasteiger charge is 2.33. The van der Waals surface area contributed by atoms with Crippen LogP contribution >= 0.6 is 23.8 Å². The number of thiocarbonyl (C=S) groups is 1. The van der Waals surface area contributed by atoms with Crippen LogP contribution in [0.25, 0.3) is 5.70 Å². The molecule has 1 aliphatic rings. The van der Waals surface area contributed by atoms with Crippen LogP contribution in [0.5, 0.6) is 11.5 Å². The minimum Gasteiger partial charge on any atom is -0.493 e. The number of carbonyl (C=O) groups is 1. The number of hydrogen-bond acceptors (Lipinski definition) is 4. The van der Waals surface area contributed by atoms with Crippen molar-refractivity contribution in [3.05, 3.63) is 64.2 Å². The van der Waals surface area contributed by atoms with Gasteiger partial charge in [-0.25, -0.2) is 0 Å². The second kappa shape index (κ2) is 8.84. The summed E-state index contributed by atoms with van der Waals surface area (Å²) in [6, 6.07) is 12.5. The van der Waals surface area contributed by atoms with Crippen molar-refractivity contribution in [1.82, 2.24) is 10.6 Å². The zero-order chi connectivity index (χ0) is 21.1. The van der Waals surface area contributed by atoms with Crippen LogP contribution in [0.4, 0.5) is 0 Å². The van der Waals surface area contributed by atoms with Crippen molar-refractivity contribution in [1.29, 1.82) is 0 Å². The maximum Gasteiger partial charge on any atom is 0.171 e. The third-order valence-corrected chi connectivity index (χ3v) is 4.88. The molecule has 0 fully saturated rings. The number of methoxy groups -OCH3 is 1. The van der Waals surface area contributed by atoms with Gasteiger partial charge in [0.15, 0.2) is 22.4 Å². The molecule has 3 rings (SSSR count). The predicted octanol–water partition coefficient (Wildman–Crippen LogP) is 4.65. The molecule has 2 aromatic rings. The Hall–Kier alpha value is -2.57. The number of rotatable bonds is 6. The zero-order valence-corrected chi connectivity index (χ0v) is 18.3. The van der Waals surface area contributed by atoms with E-state index in [0.29, 0.717) is 38.5 Å². The highest BCUT2D eigenvalue weighted by Crippen LogP contribution is 2.43. The summed E-state index contributed by atoms with van der Waals surface area (Å²) in [5, 5.41) is 7.23. The van der Waals surface area contributed by atoms with Gasteiger partial charge in [0.05, 0.1) is 25.0 Å². The van der Waals surface area contributed by atoms with Crippen molar-refractivity contribution in [3.63, 3.8) is 0 Å². The van der Waals surface area contributed by atoms with Gasteiger partial charge in [0, 0.05) is 22.2 Å². The van der Waals surface area contributed by atoms with Gasteiger partial charge in [0.2, 0.25) is 0 Å². The SMILES string of the molecule is COc1cc(Cl)cc([C@H]2NC(=S)NC(c3ccccc3)=C2C(C)=O)c1OC(C)C. The highest BCUT2D eigenvalue weighted by molar-refractivity contribution is 7.80. The Bertz CT molecular complexity index is 974. The van der Waals surface area contributed by atoms with E-state index < -0.39 is 6.04 Å². The predicted molar refractivity (Wildman–Crippen MR) is 119 cm³/mol. The minimum absolute atomic E-state index is 0.0919. The Labute approximate surface area is 181 Å². The number of benzene rings is 2. The summed E-state index contributed by atoms with van der Waals surface area (Å²) in [5.41, 5.74) is 2.77. The van der Waals surface area contributed by atoms with Crippen LogP contribution in [0.2, 0.25) is 5.02 Å². The third-order valence-electron chi connectivity index (χ3n) is 4.45. The van der Waals surface area contributed by atoms with Crippen LogP contribution in [0, 0.1) is 0 Å². The maximum absolute atomic E-state index is 12.8. The van der Waals surface area contributed by atoms with E-state index in [1.807, 2.05) is 44.2 Å². The van der Waals surface area contributed by atoms with Gasteiger partial charge in [-0.1, -0.05) is 41.9 Å². The van der Waals surface area contributed by atoms with Gasteiger partial charge >= 0.3 is 0 Å². The second-order valence-corrected chi connectivity index (χ2v) is 7.78. The van der Waals surface area contributed by atoms with Gasteiger partial charge < -0.3 is 20.1 Å². The van der Waals surface area contributed by atoms with Gasteiger partial charge in [-0.3, -0.25) is 4.79 Å². The van der Waals surface area contributed by atoms with Crippen molar-refractivity contribution >= 4 is 40.4 Å². The van der Waals surface area contributed by atoms with E-state index in [1.165, 1.54) is 6.92 Å². The molecule has 0 unspecified atom stereocenters. The lowest BCUT2D eigenvalue weighted by molar-refractivity contribution is -0.113. The van der Waals surface area contributed by atoms with Gasteiger partial charge in [0.25, 0.3) is 0 Å². The largest absolute Gasteiger partial charge is 0.493 e. The van der Waals surface area contributed by atoms with Crippen LogP contribution in [0.3, 0.4) is 0 Å². The summed E-state index contributed by atoms with van der Waals surface area (Å²) in [6.45, 7) is 5.39. The molecule has 152 valence electrons. The Kier molecular flexibility index (Phi) is 6.45. The lowest BCUT2D eigenvalue weighted by Gasteiger charge is -2.33. The molecule has 0 amide bonds. The van der Waals surface area contributed by atoms with Gasteiger partial charge in [0.1, 0.15) is 0 Å². The summed E-state index contributed by atoms with van der Waals surface area (Å²) < 4.78 is 11.6. The van der Waals surface area contributed by atoms with Crippen LogP contribution < -0.4 is 20.1 Å². The fraction of sp³-hybridized carbons (Fsp3) is 0.273. The molecule has 1 atom stereocenters. The van der Waals surface area contributed by atoms with E-state index in [-0.39, 0.29) is 11.9 Å². The topological polar surface area (TPSA) is 59.6 Å². The first kappa shape index (κ1) is 21.1. The molecule has 2 aromatic carbocycles. The summed E-state index contributed by atoms with van der Waals surface area (Å²) in [7, 11) is 1.56. The van der Waals surface area contributed by atoms with E-state index in [2.05, 4.69) is 10.6 Å². The van der Waals surface area contributed by atoms with E-state index >= 15 is 0 Å². The van der Waals surface area contributed by atoms with Crippen molar-refractivity contribution in [2.24, 2.45) is 0 Å². The molecule has 0 bridgehead atoms. The van der Waals surface area contributed by atoms with Crippen molar-refractivity contribution in [2.45, 2.75) is 32.9 Å². The van der Waals surface area contributed by atoms with E-state index in [4.69, 9.17) is 33.3 Å². The first-order chi connectivity index (χ1) is 13.8. The molecule has 0 aromatic heterocycles. The fourth-order valence-corrected chi connectivity index (χ4v) is 3.76. The molecule has 29 heavy (non-hydrogen) atoms. The third kappa shape index (κ3) is 4.54. The molecular weight excluding hydrogens is 408 g/mol. The number of ether oxygens (including phenoxy) is 2. The first-order valence-electron chi connectivity index (χ1n) is 9.24.